The Balaban J connectivity index is 2.18. The number of benzene rings is 1. The fourth-order valence-corrected chi connectivity index (χ4v) is 1.70. The molecule has 0 fully saturated rings. The third kappa shape index (κ3) is 2.53. The van der Waals surface area contributed by atoms with Crippen LogP contribution >= 0.6 is 0 Å². The van der Waals surface area contributed by atoms with Crippen molar-refractivity contribution in [2.24, 2.45) is 0 Å². The molecule has 1 heterocycles. The summed E-state index contributed by atoms with van der Waals surface area (Å²) in [6.07, 6.45) is -1.23. The van der Waals surface area contributed by atoms with E-state index in [0.717, 1.165) is 0 Å². The van der Waals surface area contributed by atoms with Gasteiger partial charge in [0.2, 0.25) is 0 Å². The topological polar surface area (TPSA) is 84.9 Å². The Morgan fingerprint density at radius 2 is 1.94 bits per heavy atom. The Morgan fingerprint density at radius 3 is 2.61 bits per heavy atom. The molecule has 1 atom stereocenters. The third-order valence-electron chi connectivity index (χ3n) is 2.56. The molecule has 96 valence electrons. The minimum absolute atomic E-state index is 0.311. The van der Waals surface area contributed by atoms with Crippen molar-refractivity contribution in [1.29, 1.82) is 0 Å². The van der Waals surface area contributed by atoms with Gasteiger partial charge in [0.1, 0.15) is 13.2 Å². The van der Waals surface area contributed by atoms with Crippen LogP contribution in [0.3, 0.4) is 0 Å². The lowest BCUT2D eigenvalue weighted by Crippen LogP contribution is -2.37. The second-order valence-electron chi connectivity index (χ2n) is 3.89. The molecule has 0 radical (unpaired) electrons. The quantitative estimate of drug-likeness (QED) is 0.791. The number of rotatable bonds is 3. The zero-order chi connectivity index (χ0) is 13.1. The Morgan fingerprint density at radius 1 is 1.28 bits per heavy atom. The molecule has 1 aromatic rings. The molecule has 6 heteroatoms. The molecular formula is C12H13NO5. The molecule has 6 nitrogen and oxygen atoms in total. The van der Waals surface area contributed by atoms with E-state index in [-0.39, 0.29) is 5.78 Å². The fraction of sp³-hybridized carbons (Fsp3) is 0.333. The van der Waals surface area contributed by atoms with Crippen LogP contribution in [0.15, 0.2) is 18.2 Å². The van der Waals surface area contributed by atoms with Gasteiger partial charge in [-0.3, -0.25) is 4.79 Å². The van der Waals surface area contributed by atoms with Crippen LogP contribution in [0.1, 0.15) is 17.3 Å². The van der Waals surface area contributed by atoms with Crippen LogP contribution in [-0.2, 0) is 0 Å². The van der Waals surface area contributed by atoms with Gasteiger partial charge in [-0.15, -0.1) is 0 Å². The summed E-state index contributed by atoms with van der Waals surface area (Å²) in [5.41, 5.74) is 0.389. The number of nitrogens with one attached hydrogen (secondary N) is 1. The molecule has 0 saturated carbocycles. The second kappa shape index (κ2) is 4.95. The van der Waals surface area contributed by atoms with Crippen LogP contribution in [0, 0.1) is 0 Å². The van der Waals surface area contributed by atoms with Crippen LogP contribution < -0.4 is 14.8 Å². The summed E-state index contributed by atoms with van der Waals surface area (Å²) in [7, 11) is 0. The first-order chi connectivity index (χ1) is 8.58. The highest BCUT2D eigenvalue weighted by Crippen LogP contribution is 2.31. The van der Waals surface area contributed by atoms with E-state index in [1.807, 2.05) is 0 Å². The monoisotopic (exact) mass is 251 g/mol. The molecule has 1 aliphatic rings. The average Bonchev–Trinajstić information content (AvgIpc) is 2.36. The molecule has 0 saturated heterocycles. The van der Waals surface area contributed by atoms with Crippen molar-refractivity contribution in [3.63, 3.8) is 0 Å². The lowest BCUT2D eigenvalue weighted by molar-refractivity contribution is 0.0944. The maximum absolute atomic E-state index is 11.9. The zero-order valence-corrected chi connectivity index (χ0v) is 9.80. The second-order valence-corrected chi connectivity index (χ2v) is 3.89. The highest BCUT2D eigenvalue weighted by molar-refractivity contribution is 6.01. The third-order valence-corrected chi connectivity index (χ3v) is 2.56. The van der Waals surface area contributed by atoms with Gasteiger partial charge in [-0.05, 0) is 25.1 Å². The fourth-order valence-electron chi connectivity index (χ4n) is 1.70. The summed E-state index contributed by atoms with van der Waals surface area (Å²) in [6.45, 7) is 2.41. The SMILES string of the molecule is CC(NC(=O)O)C(=O)c1ccc2c(c1)OCCO2. The minimum Gasteiger partial charge on any atom is -0.486 e. The maximum Gasteiger partial charge on any atom is 0.405 e. The predicted molar refractivity (Wildman–Crippen MR) is 62.4 cm³/mol. The average molecular weight is 251 g/mol. The van der Waals surface area contributed by atoms with E-state index in [0.29, 0.717) is 30.3 Å². The summed E-state index contributed by atoms with van der Waals surface area (Å²) in [6, 6.07) is 4.01. The standard InChI is InChI=1S/C12H13NO5/c1-7(13-12(15)16)11(14)8-2-3-9-10(6-8)18-5-4-17-9/h2-3,6-7,13H,4-5H2,1H3,(H,15,16). The highest BCUT2D eigenvalue weighted by atomic mass is 16.6. The van der Waals surface area contributed by atoms with Crippen LogP contribution in [-0.4, -0.2) is 36.2 Å². The zero-order valence-electron chi connectivity index (χ0n) is 9.80. The summed E-state index contributed by atoms with van der Waals surface area (Å²) in [5, 5.41) is 10.7. The molecule has 2 rings (SSSR count). The van der Waals surface area contributed by atoms with Gasteiger partial charge < -0.3 is 19.9 Å². The molecule has 1 aromatic carbocycles. The molecule has 18 heavy (non-hydrogen) atoms. The number of ether oxygens (including phenoxy) is 2. The van der Waals surface area contributed by atoms with Crippen LogP contribution in [0.2, 0.25) is 0 Å². The molecule has 0 aromatic heterocycles. The van der Waals surface area contributed by atoms with Gasteiger partial charge in [-0.2, -0.15) is 0 Å². The van der Waals surface area contributed by atoms with Crippen LogP contribution in [0.25, 0.3) is 0 Å². The number of hydrogen-bond donors (Lipinski definition) is 2. The van der Waals surface area contributed by atoms with Gasteiger partial charge in [0, 0.05) is 5.56 Å². The molecular weight excluding hydrogens is 238 g/mol. The molecule has 1 amide bonds. The van der Waals surface area contributed by atoms with E-state index < -0.39 is 12.1 Å². The molecule has 1 aliphatic heterocycles. The van der Waals surface area contributed by atoms with Crippen molar-refractivity contribution in [3.8, 4) is 11.5 Å². The number of carboxylic acid groups (broad SMARTS) is 1. The minimum atomic E-state index is -1.23. The Labute approximate surface area is 104 Å². The van der Waals surface area contributed by atoms with Gasteiger partial charge in [0.05, 0.1) is 6.04 Å². The van der Waals surface area contributed by atoms with Crippen molar-refractivity contribution < 1.29 is 24.2 Å². The van der Waals surface area contributed by atoms with Crippen LogP contribution in [0.4, 0.5) is 4.79 Å². The summed E-state index contributed by atoms with van der Waals surface area (Å²) in [4.78, 5) is 22.4. The number of fused-ring (bicyclic) bond motifs is 1. The summed E-state index contributed by atoms with van der Waals surface area (Å²) in [5.74, 6) is 0.792. The van der Waals surface area contributed by atoms with Gasteiger partial charge in [-0.25, -0.2) is 4.79 Å². The van der Waals surface area contributed by atoms with Crippen molar-refractivity contribution >= 4 is 11.9 Å². The number of amides is 1. The smallest absolute Gasteiger partial charge is 0.405 e. The van der Waals surface area contributed by atoms with Gasteiger partial charge in [0.25, 0.3) is 0 Å². The number of ketones is 1. The highest BCUT2D eigenvalue weighted by Gasteiger charge is 2.20. The van der Waals surface area contributed by atoms with E-state index in [1.54, 1.807) is 18.2 Å². The molecule has 0 bridgehead atoms. The lowest BCUT2D eigenvalue weighted by Gasteiger charge is -2.19. The lowest BCUT2D eigenvalue weighted by atomic mass is 10.0. The van der Waals surface area contributed by atoms with E-state index in [9.17, 15) is 9.59 Å². The van der Waals surface area contributed by atoms with E-state index in [4.69, 9.17) is 14.6 Å². The first kappa shape index (κ1) is 12.2. The molecule has 0 spiro atoms. The van der Waals surface area contributed by atoms with Crippen molar-refractivity contribution in [3.05, 3.63) is 23.8 Å². The van der Waals surface area contributed by atoms with Crippen LogP contribution in [0.5, 0.6) is 11.5 Å². The summed E-state index contributed by atoms with van der Waals surface area (Å²) < 4.78 is 10.7. The van der Waals surface area contributed by atoms with E-state index >= 15 is 0 Å². The number of hydrogen-bond acceptors (Lipinski definition) is 4. The Bertz CT molecular complexity index is 485. The summed E-state index contributed by atoms with van der Waals surface area (Å²) >= 11 is 0. The normalized spacial score (nSPS) is 14.7. The first-order valence-electron chi connectivity index (χ1n) is 5.51. The number of Topliss-reactive ketones (excluding diaryl/α,β-unsaturated/α-hetero) is 1. The van der Waals surface area contributed by atoms with Gasteiger partial charge in [-0.1, -0.05) is 0 Å². The largest absolute Gasteiger partial charge is 0.486 e. The van der Waals surface area contributed by atoms with Crippen molar-refractivity contribution in [2.75, 3.05) is 13.2 Å². The predicted octanol–water partition coefficient (Wildman–Crippen LogP) is 1.30. The molecule has 0 aliphatic carbocycles. The Kier molecular flexibility index (Phi) is 3.36. The van der Waals surface area contributed by atoms with Gasteiger partial charge >= 0.3 is 6.09 Å². The Hall–Kier alpha value is -2.24. The van der Waals surface area contributed by atoms with E-state index in [1.165, 1.54) is 6.92 Å². The van der Waals surface area contributed by atoms with E-state index in [2.05, 4.69) is 5.32 Å². The first-order valence-corrected chi connectivity index (χ1v) is 5.51. The number of carbonyl (C=O) groups is 2. The van der Waals surface area contributed by atoms with Gasteiger partial charge in [0.15, 0.2) is 17.3 Å². The maximum atomic E-state index is 11.9. The van der Waals surface area contributed by atoms with Crippen molar-refractivity contribution in [2.45, 2.75) is 13.0 Å². The number of carbonyl (C=O) groups excluding carboxylic acids is 1. The van der Waals surface area contributed by atoms with Crippen molar-refractivity contribution in [1.82, 2.24) is 5.32 Å². The molecule has 2 N–H and O–H groups in total. The molecule has 1 unspecified atom stereocenters.